The molecule has 1 nitrogen and oxygen atoms in total. The standard InChI is InChI=1S/C50H31N/c51-43-29-41(33-19-11-4-12-20-33)46-39-26-24-38-42-28-35(30-13-5-1-6-14-30)27-34-21-22-37(32-17-9-3-10-18-32)48(44(34)42)49(38)45(39)40-25-23-36(47(43)50(40)46)31-15-7-2-8-16-31/h1-29H,51H2. The summed E-state index contributed by atoms with van der Waals surface area (Å²) in [6, 6.07) is 64.1. The molecule has 0 heterocycles. The van der Waals surface area contributed by atoms with Crippen LogP contribution >= 0.6 is 0 Å². The molecule has 0 aliphatic rings. The van der Waals surface area contributed by atoms with E-state index >= 15 is 0 Å². The highest BCUT2D eigenvalue weighted by Gasteiger charge is 2.25. The van der Waals surface area contributed by atoms with Gasteiger partial charge in [0, 0.05) is 16.5 Å². The first kappa shape index (κ1) is 28.2. The van der Waals surface area contributed by atoms with Crippen LogP contribution in [0.5, 0.6) is 0 Å². The second-order valence-electron chi connectivity index (χ2n) is 13.8. The van der Waals surface area contributed by atoms with Gasteiger partial charge in [0.1, 0.15) is 0 Å². The fraction of sp³-hybridized carbons (Fsp3) is 0. The minimum atomic E-state index is 0.806. The van der Waals surface area contributed by atoms with E-state index in [9.17, 15) is 0 Å². The molecule has 236 valence electrons. The van der Waals surface area contributed by atoms with Crippen molar-refractivity contribution in [2.75, 3.05) is 5.73 Å². The van der Waals surface area contributed by atoms with Gasteiger partial charge in [0.2, 0.25) is 0 Å². The lowest BCUT2D eigenvalue weighted by atomic mass is 9.91. The van der Waals surface area contributed by atoms with Crippen molar-refractivity contribution in [3.8, 4) is 44.5 Å². The van der Waals surface area contributed by atoms with Gasteiger partial charge >= 0.3 is 0 Å². The molecule has 11 rings (SSSR count). The Balaban J connectivity index is 1.38. The van der Waals surface area contributed by atoms with E-state index in [1.165, 1.54) is 104 Å². The Labute approximate surface area is 295 Å². The number of hydrogen-bond acceptors (Lipinski definition) is 1. The number of rotatable bonds is 4. The van der Waals surface area contributed by atoms with E-state index in [2.05, 4.69) is 176 Å². The van der Waals surface area contributed by atoms with E-state index in [1.807, 2.05) is 0 Å². The minimum absolute atomic E-state index is 0.806. The SMILES string of the molecule is Nc1cc(-c2ccccc2)c2c3ccc4c5cc(-c6ccccc6)cc6ccc(-c7ccccc7)c(c65)c4c3c3ccc(-c4ccccc4)c1c32. The second-order valence-corrected chi connectivity index (χ2v) is 13.8. The fourth-order valence-corrected chi connectivity index (χ4v) is 8.96. The zero-order chi connectivity index (χ0) is 33.6. The summed E-state index contributed by atoms with van der Waals surface area (Å²) in [5.41, 5.74) is 17.6. The Bertz CT molecular complexity index is 3090. The number of nitrogen functional groups attached to an aromatic ring is 1. The van der Waals surface area contributed by atoms with Crippen LogP contribution in [0.3, 0.4) is 0 Å². The molecule has 0 spiro atoms. The Hall–Kier alpha value is -6.70. The third kappa shape index (κ3) is 3.98. The van der Waals surface area contributed by atoms with Crippen molar-refractivity contribution in [1.82, 2.24) is 0 Å². The summed E-state index contributed by atoms with van der Waals surface area (Å²) in [4.78, 5) is 0. The van der Waals surface area contributed by atoms with E-state index in [-0.39, 0.29) is 0 Å². The molecule has 0 saturated heterocycles. The molecule has 0 bridgehead atoms. The first-order valence-electron chi connectivity index (χ1n) is 17.6. The van der Waals surface area contributed by atoms with Crippen molar-refractivity contribution >= 4 is 70.3 Å². The fourth-order valence-electron chi connectivity index (χ4n) is 8.96. The van der Waals surface area contributed by atoms with Gasteiger partial charge in [0.15, 0.2) is 0 Å². The molecule has 0 saturated carbocycles. The molecule has 0 atom stereocenters. The number of hydrogen-bond donors (Lipinski definition) is 1. The van der Waals surface area contributed by atoms with Crippen LogP contribution in [-0.2, 0) is 0 Å². The Kier molecular flexibility index (Phi) is 5.88. The van der Waals surface area contributed by atoms with Gasteiger partial charge in [-0.25, -0.2) is 0 Å². The quantitative estimate of drug-likeness (QED) is 0.189. The normalized spacial score (nSPS) is 12.0. The molecule has 11 aromatic carbocycles. The van der Waals surface area contributed by atoms with Gasteiger partial charge in [-0.1, -0.05) is 158 Å². The molecule has 0 aromatic heterocycles. The van der Waals surface area contributed by atoms with Crippen molar-refractivity contribution in [1.29, 1.82) is 0 Å². The minimum Gasteiger partial charge on any atom is -0.398 e. The Morgan fingerprint density at radius 1 is 0.255 bits per heavy atom. The highest BCUT2D eigenvalue weighted by molar-refractivity contribution is 6.47. The molecule has 0 amide bonds. The molecular formula is C50H31N. The van der Waals surface area contributed by atoms with Crippen LogP contribution in [0.4, 0.5) is 5.69 Å². The van der Waals surface area contributed by atoms with Crippen LogP contribution < -0.4 is 5.73 Å². The zero-order valence-electron chi connectivity index (χ0n) is 27.8. The van der Waals surface area contributed by atoms with Crippen LogP contribution in [0.2, 0.25) is 0 Å². The van der Waals surface area contributed by atoms with Crippen LogP contribution in [0.15, 0.2) is 176 Å². The maximum Gasteiger partial charge on any atom is 0.0406 e. The summed E-state index contributed by atoms with van der Waals surface area (Å²) in [6.07, 6.45) is 0. The highest BCUT2D eigenvalue weighted by atomic mass is 14.6. The van der Waals surface area contributed by atoms with Gasteiger partial charge < -0.3 is 5.73 Å². The number of nitrogens with two attached hydrogens (primary N) is 1. The average molecular weight is 646 g/mol. The topological polar surface area (TPSA) is 26.0 Å². The van der Waals surface area contributed by atoms with Crippen LogP contribution in [0.1, 0.15) is 0 Å². The van der Waals surface area contributed by atoms with Gasteiger partial charge in [-0.15, -0.1) is 0 Å². The van der Waals surface area contributed by atoms with Crippen molar-refractivity contribution in [3.05, 3.63) is 176 Å². The predicted octanol–water partition coefficient (Wildman–Crippen LogP) is 13.7. The molecule has 11 aromatic rings. The summed E-state index contributed by atoms with van der Waals surface area (Å²) in [5.74, 6) is 0. The second kappa shape index (κ2) is 10.6. The van der Waals surface area contributed by atoms with Crippen molar-refractivity contribution < 1.29 is 0 Å². The smallest absolute Gasteiger partial charge is 0.0406 e. The first-order valence-corrected chi connectivity index (χ1v) is 17.6. The van der Waals surface area contributed by atoms with Gasteiger partial charge in [0.25, 0.3) is 0 Å². The van der Waals surface area contributed by atoms with Crippen LogP contribution in [0.25, 0.3) is 109 Å². The van der Waals surface area contributed by atoms with Gasteiger partial charge in [-0.3, -0.25) is 0 Å². The lowest BCUT2D eigenvalue weighted by Gasteiger charge is -2.14. The van der Waals surface area contributed by atoms with Crippen LogP contribution in [0, 0.1) is 0 Å². The molecule has 1 heteroatoms. The number of anilines is 1. The summed E-state index contributed by atoms with van der Waals surface area (Å²) in [5, 5.41) is 15.3. The van der Waals surface area contributed by atoms with E-state index in [0.717, 1.165) is 11.1 Å². The zero-order valence-corrected chi connectivity index (χ0v) is 27.8. The molecule has 0 radical (unpaired) electrons. The molecule has 0 fully saturated rings. The molecule has 0 aliphatic carbocycles. The van der Waals surface area contributed by atoms with E-state index in [1.54, 1.807) is 0 Å². The summed E-state index contributed by atoms with van der Waals surface area (Å²) in [6.45, 7) is 0. The Morgan fingerprint density at radius 2 is 0.745 bits per heavy atom. The van der Waals surface area contributed by atoms with Gasteiger partial charge in [-0.05, 0) is 117 Å². The number of fused-ring (bicyclic) bond motifs is 7. The molecule has 0 aliphatic heterocycles. The lowest BCUT2D eigenvalue weighted by molar-refractivity contribution is 1.65. The van der Waals surface area contributed by atoms with Crippen molar-refractivity contribution in [2.45, 2.75) is 0 Å². The Morgan fingerprint density at radius 3 is 1.39 bits per heavy atom. The molecule has 51 heavy (non-hydrogen) atoms. The van der Waals surface area contributed by atoms with Crippen LogP contribution in [-0.4, -0.2) is 0 Å². The summed E-state index contributed by atoms with van der Waals surface area (Å²) < 4.78 is 0. The first-order chi connectivity index (χ1) is 25.2. The van der Waals surface area contributed by atoms with Gasteiger partial charge in [-0.2, -0.15) is 0 Å². The lowest BCUT2D eigenvalue weighted by Crippen LogP contribution is -1.92. The third-order valence-corrected chi connectivity index (χ3v) is 11.1. The van der Waals surface area contributed by atoms with E-state index < -0.39 is 0 Å². The van der Waals surface area contributed by atoms with E-state index in [0.29, 0.717) is 0 Å². The van der Waals surface area contributed by atoms with Crippen molar-refractivity contribution in [2.24, 2.45) is 0 Å². The molecule has 0 unspecified atom stereocenters. The largest absolute Gasteiger partial charge is 0.398 e. The monoisotopic (exact) mass is 645 g/mol. The van der Waals surface area contributed by atoms with Gasteiger partial charge in [0.05, 0.1) is 0 Å². The summed E-state index contributed by atoms with van der Waals surface area (Å²) >= 11 is 0. The summed E-state index contributed by atoms with van der Waals surface area (Å²) in [7, 11) is 0. The van der Waals surface area contributed by atoms with E-state index in [4.69, 9.17) is 5.73 Å². The third-order valence-electron chi connectivity index (χ3n) is 11.1. The molecule has 2 N–H and O–H groups in total. The maximum atomic E-state index is 7.15. The highest BCUT2D eigenvalue weighted by Crippen LogP contribution is 2.54. The average Bonchev–Trinajstić information content (AvgIpc) is 3.72. The predicted molar refractivity (Wildman–Crippen MR) is 220 cm³/mol. The maximum absolute atomic E-state index is 7.15. The number of benzene rings is 9. The van der Waals surface area contributed by atoms with Crippen molar-refractivity contribution in [3.63, 3.8) is 0 Å². The molecular weight excluding hydrogens is 615 g/mol.